The largest absolute Gasteiger partial charge is 0.370 e. The third-order valence-electron chi connectivity index (χ3n) is 4.20. The number of hydrogen-bond acceptors (Lipinski definition) is 3. The number of nitrogens with one attached hydrogen (secondary N) is 1. The topological polar surface area (TPSA) is 132 Å². The smallest absolute Gasteiger partial charge is 0.283 e. The van der Waals surface area contributed by atoms with Crippen molar-refractivity contribution in [1.82, 2.24) is 14.8 Å². The van der Waals surface area contributed by atoms with Crippen molar-refractivity contribution in [1.29, 1.82) is 0 Å². The average Bonchev–Trinajstić information content (AvgIpc) is 3.31. The first-order valence-electron chi connectivity index (χ1n) is 7.89. The Morgan fingerprint density at radius 3 is 2.76 bits per heavy atom. The van der Waals surface area contributed by atoms with Gasteiger partial charge < -0.3 is 16.5 Å². The molecule has 1 aliphatic carbocycles. The number of aromatic nitrogens is 3. The molecular weight excluding hydrogens is 323 g/mol. The molecule has 0 bridgehead atoms. The normalized spacial score (nSPS) is 13.8. The molecule has 8 nitrogen and oxygen atoms in total. The van der Waals surface area contributed by atoms with Crippen LogP contribution in [0.4, 0.5) is 0 Å². The summed E-state index contributed by atoms with van der Waals surface area (Å²) in [7, 11) is 0. The number of guanidine groups is 1. The van der Waals surface area contributed by atoms with Crippen LogP contribution in [0.2, 0.25) is 0 Å². The fraction of sp³-hybridized carbons (Fsp3) is 0.176. The Bertz CT molecular complexity index is 1070. The van der Waals surface area contributed by atoms with Crippen LogP contribution >= 0.6 is 0 Å². The first kappa shape index (κ1) is 15.1. The number of nitrogens with two attached hydrogens (primary N) is 2. The minimum absolute atomic E-state index is 0.170. The molecule has 1 aromatic carbocycles. The van der Waals surface area contributed by atoms with E-state index in [1.807, 2.05) is 18.2 Å². The molecule has 126 valence electrons. The van der Waals surface area contributed by atoms with E-state index in [2.05, 4.69) is 15.1 Å². The summed E-state index contributed by atoms with van der Waals surface area (Å²) in [5.41, 5.74) is 13.2. The second-order valence-electron chi connectivity index (χ2n) is 6.03. The summed E-state index contributed by atoms with van der Waals surface area (Å²) >= 11 is 0. The van der Waals surface area contributed by atoms with Crippen LogP contribution in [0.15, 0.2) is 46.3 Å². The van der Waals surface area contributed by atoms with Gasteiger partial charge in [-0.15, -0.1) is 0 Å². The first-order valence-corrected chi connectivity index (χ1v) is 7.89. The number of carbonyl (C=O) groups excluding carboxylic acids is 1. The molecule has 3 aromatic rings. The van der Waals surface area contributed by atoms with E-state index in [0.717, 1.165) is 29.6 Å². The van der Waals surface area contributed by atoms with Gasteiger partial charge >= 0.3 is 0 Å². The molecule has 0 saturated heterocycles. The first-order chi connectivity index (χ1) is 12.0. The number of nitrogens with zero attached hydrogens (tertiary/aromatic N) is 3. The highest BCUT2D eigenvalue weighted by Gasteiger charge is 2.33. The number of hydrogen-bond donors (Lipinski definition) is 3. The summed E-state index contributed by atoms with van der Waals surface area (Å²) < 4.78 is 1.74. The number of aliphatic imine (C=N–C) groups is 1. The van der Waals surface area contributed by atoms with Gasteiger partial charge in [0, 0.05) is 17.4 Å². The van der Waals surface area contributed by atoms with E-state index in [4.69, 9.17) is 11.5 Å². The lowest BCUT2D eigenvalue weighted by Crippen LogP contribution is -2.24. The van der Waals surface area contributed by atoms with E-state index < -0.39 is 5.91 Å². The molecule has 1 amide bonds. The monoisotopic (exact) mass is 339 g/mol. The van der Waals surface area contributed by atoms with Gasteiger partial charge in [0.05, 0.1) is 28.7 Å². The lowest BCUT2D eigenvalue weighted by atomic mass is 10.1. The number of pyridine rings is 1. The summed E-state index contributed by atoms with van der Waals surface area (Å²) in [5, 5.41) is 5.24. The lowest BCUT2D eigenvalue weighted by molar-refractivity contribution is 0.100. The number of amides is 1. The molecule has 0 unspecified atom stereocenters. The van der Waals surface area contributed by atoms with Crippen molar-refractivity contribution in [2.75, 3.05) is 0 Å². The van der Waals surface area contributed by atoms with E-state index in [0.29, 0.717) is 11.1 Å². The van der Waals surface area contributed by atoms with Crippen molar-refractivity contribution in [2.24, 2.45) is 16.5 Å². The Balaban J connectivity index is 1.93. The van der Waals surface area contributed by atoms with Gasteiger partial charge in [-0.1, -0.05) is 6.07 Å². The van der Waals surface area contributed by atoms with Gasteiger partial charge in [-0.3, -0.25) is 9.59 Å². The molecular formula is C17H16N6O2. The maximum atomic E-state index is 12.3. The van der Waals surface area contributed by atoms with E-state index in [-0.39, 0.29) is 17.4 Å². The predicted molar refractivity (Wildman–Crippen MR) is 93.8 cm³/mol. The summed E-state index contributed by atoms with van der Waals surface area (Å²) in [6.07, 6.45) is 3.46. The molecule has 0 aliphatic heterocycles. The summed E-state index contributed by atoms with van der Waals surface area (Å²) in [5.74, 6) is -0.530. The second-order valence-corrected chi connectivity index (χ2v) is 6.03. The average molecular weight is 339 g/mol. The predicted octanol–water partition coefficient (Wildman–Crippen LogP) is 1.00. The quantitative estimate of drug-likeness (QED) is 0.372. The Kier molecular flexibility index (Phi) is 3.38. The zero-order chi connectivity index (χ0) is 17.6. The molecule has 1 aliphatic rings. The molecule has 2 aromatic heterocycles. The number of H-pyrrole nitrogens is 1. The maximum Gasteiger partial charge on any atom is 0.283 e. The molecule has 8 heteroatoms. The van der Waals surface area contributed by atoms with Crippen molar-refractivity contribution in [3.8, 4) is 5.69 Å². The van der Waals surface area contributed by atoms with E-state index >= 15 is 0 Å². The van der Waals surface area contributed by atoms with Crippen LogP contribution in [0, 0.1) is 0 Å². The summed E-state index contributed by atoms with van der Waals surface area (Å²) in [6, 6.07) is 8.78. The Labute approximate surface area is 142 Å². The minimum Gasteiger partial charge on any atom is -0.370 e. The maximum absolute atomic E-state index is 12.3. The van der Waals surface area contributed by atoms with Crippen molar-refractivity contribution < 1.29 is 4.79 Å². The van der Waals surface area contributed by atoms with Crippen LogP contribution in [-0.2, 0) is 0 Å². The molecule has 2 heterocycles. The van der Waals surface area contributed by atoms with Crippen LogP contribution in [0.1, 0.15) is 34.8 Å². The van der Waals surface area contributed by atoms with Gasteiger partial charge in [0.1, 0.15) is 0 Å². The van der Waals surface area contributed by atoms with E-state index in [1.54, 1.807) is 10.7 Å². The summed E-state index contributed by atoms with van der Waals surface area (Å²) in [4.78, 5) is 30.3. The zero-order valence-corrected chi connectivity index (χ0v) is 13.3. The second kappa shape index (κ2) is 5.59. The van der Waals surface area contributed by atoms with Crippen molar-refractivity contribution in [3.05, 3.63) is 58.1 Å². The number of rotatable bonds is 3. The molecule has 5 N–H and O–H groups in total. The van der Waals surface area contributed by atoms with Crippen LogP contribution in [0.5, 0.6) is 0 Å². The minimum atomic E-state index is -0.498. The molecule has 0 spiro atoms. The number of fused-ring (bicyclic) bond motifs is 1. The standard InChI is InChI=1S/C17H16N6O2/c18-17(19)22-16(25)11-8-20-23(15(11)9-4-5-9)13-3-1-2-12-10(13)6-7-14(24)21-12/h1-3,6-9H,4-5H2,(H,21,24)(H4,18,19,22,25)/i18+1,19+1,22+1. The van der Waals surface area contributed by atoms with Gasteiger partial charge in [0.25, 0.3) is 5.91 Å². The van der Waals surface area contributed by atoms with Crippen LogP contribution < -0.4 is 17.0 Å². The third-order valence-corrected chi connectivity index (χ3v) is 4.20. The highest BCUT2D eigenvalue weighted by atomic mass is 16.2. The number of carbonyl (C=O) groups is 1. The molecule has 1 fully saturated rings. The molecule has 0 radical (unpaired) electrons. The molecule has 1 saturated carbocycles. The third kappa shape index (κ3) is 2.67. The van der Waals surface area contributed by atoms with Crippen LogP contribution in [0.3, 0.4) is 0 Å². The number of benzene rings is 1. The van der Waals surface area contributed by atoms with Gasteiger partial charge in [-0.05, 0) is 31.0 Å². The van der Waals surface area contributed by atoms with Gasteiger partial charge in [-0.2, -0.15) is 10.1 Å². The van der Waals surface area contributed by atoms with Crippen molar-refractivity contribution >= 4 is 22.8 Å². The molecule has 0 atom stereocenters. The molecule has 4 rings (SSSR count). The highest BCUT2D eigenvalue weighted by molar-refractivity contribution is 6.03. The van der Waals surface area contributed by atoms with Gasteiger partial charge in [-0.25, -0.2) is 4.68 Å². The Morgan fingerprint density at radius 1 is 1.24 bits per heavy atom. The van der Waals surface area contributed by atoms with E-state index in [9.17, 15) is 9.59 Å². The summed E-state index contributed by atoms with van der Waals surface area (Å²) in [6.45, 7) is 0. The van der Waals surface area contributed by atoms with Gasteiger partial charge in [0.2, 0.25) is 5.56 Å². The highest BCUT2D eigenvalue weighted by Crippen LogP contribution is 2.43. The fourth-order valence-corrected chi connectivity index (χ4v) is 3.00. The number of aromatic amines is 1. The van der Waals surface area contributed by atoms with Crippen LogP contribution in [-0.4, -0.2) is 26.6 Å². The SMILES string of the molecule is [15NH2]C([15NH2])=[15N]C(=O)c1cnn(-c2cccc3[nH]c(=O)ccc23)c1C1CC1. The lowest BCUT2D eigenvalue weighted by Gasteiger charge is -2.11. The van der Waals surface area contributed by atoms with Crippen LogP contribution in [0.25, 0.3) is 16.6 Å². The molecule has 25 heavy (non-hydrogen) atoms. The zero-order valence-electron chi connectivity index (χ0n) is 13.3. The van der Waals surface area contributed by atoms with Crippen molar-refractivity contribution in [2.45, 2.75) is 18.8 Å². The van der Waals surface area contributed by atoms with Gasteiger partial charge in [0.15, 0.2) is 5.96 Å². The fourth-order valence-electron chi connectivity index (χ4n) is 3.00. The van der Waals surface area contributed by atoms with E-state index in [1.165, 1.54) is 12.3 Å². The Morgan fingerprint density at radius 2 is 2.04 bits per heavy atom. The van der Waals surface area contributed by atoms with Crippen molar-refractivity contribution in [3.63, 3.8) is 0 Å². The Hall–Kier alpha value is -3.42.